The smallest absolute Gasteiger partial charge is 0.257 e. The highest BCUT2D eigenvalue weighted by Crippen LogP contribution is 2.30. The summed E-state index contributed by atoms with van der Waals surface area (Å²) in [7, 11) is 0. The molecule has 1 aliphatic rings. The van der Waals surface area contributed by atoms with E-state index < -0.39 is 11.7 Å². The molecule has 0 unspecified atom stereocenters. The number of phenolic OH excluding ortho intramolecular Hbond substituents is 1. The molecular weight excluding hydrogens is 265 g/mol. The first-order valence-electron chi connectivity index (χ1n) is 6.29. The average molecular weight is 281 g/mol. The van der Waals surface area contributed by atoms with Crippen molar-refractivity contribution in [3.05, 3.63) is 29.6 Å². The Morgan fingerprint density at radius 3 is 2.80 bits per heavy atom. The third-order valence-electron chi connectivity index (χ3n) is 3.17. The molecule has 0 radical (unpaired) electrons. The maximum absolute atomic E-state index is 13.2. The molecule has 20 heavy (non-hydrogen) atoms. The van der Waals surface area contributed by atoms with Gasteiger partial charge in [0.1, 0.15) is 17.4 Å². The van der Waals surface area contributed by atoms with Crippen LogP contribution in [0.25, 0.3) is 0 Å². The second kappa shape index (κ2) is 5.77. The number of amides is 1. The molecule has 2 rings (SSSR count). The number of carbonyl (C=O) groups is 1. The summed E-state index contributed by atoms with van der Waals surface area (Å²) in [5.74, 6) is -1.27. The Hall–Kier alpha value is -2.31. The molecule has 0 aliphatic heterocycles. The van der Waals surface area contributed by atoms with Crippen LogP contribution in [0.4, 0.5) is 4.39 Å². The fraction of sp³-hybridized carbons (Fsp3) is 0.385. The van der Waals surface area contributed by atoms with Gasteiger partial charge in [0.2, 0.25) is 0 Å². The Labute approximate surface area is 115 Å². The normalized spacial score (nSPS) is 15.2. The van der Waals surface area contributed by atoms with Crippen LogP contribution >= 0.6 is 0 Å². The van der Waals surface area contributed by atoms with E-state index in [2.05, 4.69) is 5.16 Å². The molecule has 0 heterocycles. The molecule has 1 saturated carbocycles. The number of phenols is 1. The van der Waals surface area contributed by atoms with Gasteiger partial charge in [-0.1, -0.05) is 5.16 Å². The molecule has 108 valence electrons. The summed E-state index contributed by atoms with van der Waals surface area (Å²) in [5, 5.41) is 21.0. The highest BCUT2D eigenvalue weighted by Gasteiger charge is 2.33. The highest BCUT2D eigenvalue weighted by atomic mass is 19.1. The van der Waals surface area contributed by atoms with Gasteiger partial charge in [0.05, 0.1) is 5.56 Å². The second-order valence-corrected chi connectivity index (χ2v) is 4.73. The Kier molecular flexibility index (Phi) is 4.07. The van der Waals surface area contributed by atoms with Crippen LogP contribution in [-0.4, -0.2) is 39.5 Å². The number of oxime groups is 1. The molecule has 6 nitrogen and oxygen atoms in total. The molecule has 1 aromatic rings. The van der Waals surface area contributed by atoms with Gasteiger partial charge in [0.25, 0.3) is 5.91 Å². The van der Waals surface area contributed by atoms with Gasteiger partial charge < -0.3 is 20.9 Å². The van der Waals surface area contributed by atoms with Crippen molar-refractivity contribution >= 4 is 11.7 Å². The van der Waals surface area contributed by atoms with Crippen LogP contribution in [0.1, 0.15) is 29.6 Å². The van der Waals surface area contributed by atoms with Crippen molar-refractivity contribution in [2.75, 3.05) is 6.54 Å². The van der Waals surface area contributed by atoms with Crippen LogP contribution in [-0.2, 0) is 0 Å². The molecule has 0 atom stereocenters. The predicted molar refractivity (Wildman–Crippen MR) is 70.1 cm³/mol. The molecule has 0 aromatic heterocycles. The van der Waals surface area contributed by atoms with E-state index in [4.69, 9.17) is 10.9 Å². The monoisotopic (exact) mass is 281 g/mol. The van der Waals surface area contributed by atoms with Crippen LogP contribution in [0.3, 0.4) is 0 Å². The number of nitrogens with zero attached hydrogens (tertiary/aromatic N) is 2. The quantitative estimate of drug-likeness (QED) is 0.327. The number of halogens is 1. The van der Waals surface area contributed by atoms with E-state index in [1.165, 1.54) is 4.90 Å². The summed E-state index contributed by atoms with van der Waals surface area (Å²) in [5.41, 5.74) is 5.31. The highest BCUT2D eigenvalue weighted by molar-refractivity contribution is 5.97. The largest absolute Gasteiger partial charge is 0.507 e. The lowest BCUT2D eigenvalue weighted by Crippen LogP contribution is -2.36. The standard InChI is InChI=1S/C13H16FN3O3/c14-8-1-4-11(18)10(7-8)13(19)17(9-2-3-9)6-5-12(15)16-20/h1,4,7,9,18,20H,2-3,5-6H2,(H2,15,16). The zero-order valence-electron chi connectivity index (χ0n) is 10.8. The number of amidine groups is 1. The van der Waals surface area contributed by atoms with Gasteiger partial charge in [-0.15, -0.1) is 0 Å². The molecule has 1 fully saturated rings. The lowest BCUT2D eigenvalue weighted by Gasteiger charge is -2.22. The van der Waals surface area contributed by atoms with E-state index >= 15 is 0 Å². The Balaban J connectivity index is 2.16. The number of hydrogen-bond donors (Lipinski definition) is 3. The number of rotatable bonds is 5. The summed E-state index contributed by atoms with van der Waals surface area (Å²) < 4.78 is 13.2. The van der Waals surface area contributed by atoms with Crippen molar-refractivity contribution in [3.8, 4) is 5.75 Å². The minimum absolute atomic E-state index is 0.0203. The Morgan fingerprint density at radius 2 is 2.20 bits per heavy atom. The van der Waals surface area contributed by atoms with Crippen LogP contribution in [0.2, 0.25) is 0 Å². The van der Waals surface area contributed by atoms with Crippen LogP contribution in [0.5, 0.6) is 5.75 Å². The van der Waals surface area contributed by atoms with Gasteiger partial charge in [-0.05, 0) is 31.0 Å². The van der Waals surface area contributed by atoms with Gasteiger partial charge in [-0.3, -0.25) is 4.79 Å². The predicted octanol–water partition coefficient (Wildman–Crippen LogP) is 1.27. The maximum atomic E-state index is 13.2. The molecule has 7 heteroatoms. The van der Waals surface area contributed by atoms with Crippen molar-refractivity contribution < 1.29 is 19.5 Å². The molecule has 1 aromatic carbocycles. The fourth-order valence-electron chi connectivity index (χ4n) is 1.96. The Bertz CT molecular complexity index is 544. The number of hydrogen-bond acceptors (Lipinski definition) is 4. The SMILES string of the molecule is N/C(CCN(C(=O)c1cc(F)ccc1O)C1CC1)=N/O. The van der Waals surface area contributed by atoms with E-state index in [-0.39, 0.29) is 36.2 Å². The summed E-state index contributed by atoms with van der Waals surface area (Å²) in [6.07, 6.45) is 1.94. The summed E-state index contributed by atoms with van der Waals surface area (Å²) in [6.45, 7) is 0.259. The molecule has 4 N–H and O–H groups in total. The van der Waals surface area contributed by atoms with E-state index in [0.29, 0.717) is 0 Å². The molecule has 0 saturated heterocycles. The van der Waals surface area contributed by atoms with Crippen molar-refractivity contribution in [1.82, 2.24) is 4.90 Å². The first-order valence-corrected chi connectivity index (χ1v) is 6.29. The van der Waals surface area contributed by atoms with Crippen molar-refractivity contribution in [1.29, 1.82) is 0 Å². The van der Waals surface area contributed by atoms with Crippen LogP contribution in [0.15, 0.2) is 23.4 Å². The minimum Gasteiger partial charge on any atom is -0.507 e. The molecular formula is C13H16FN3O3. The molecule has 0 bridgehead atoms. The van der Waals surface area contributed by atoms with Gasteiger partial charge in [-0.25, -0.2) is 4.39 Å². The van der Waals surface area contributed by atoms with Crippen LogP contribution in [0, 0.1) is 5.82 Å². The average Bonchev–Trinajstić information content (AvgIpc) is 3.25. The third kappa shape index (κ3) is 3.17. The number of benzene rings is 1. The molecule has 1 amide bonds. The van der Waals surface area contributed by atoms with Gasteiger partial charge in [0.15, 0.2) is 0 Å². The Morgan fingerprint density at radius 1 is 1.50 bits per heavy atom. The number of carbonyl (C=O) groups excluding carboxylic acids is 1. The van der Waals surface area contributed by atoms with Crippen molar-refractivity contribution in [2.24, 2.45) is 10.9 Å². The summed E-state index contributed by atoms with van der Waals surface area (Å²) >= 11 is 0. The number of aromatic hydroxyl groups is 1. The first kappa shape index (κ1) is 14.1. The van der Waals surface area contributed by atoms with Gasteiger partial charge in [0, 0.05) is 19.0 Å². The first-order chi connectivity index (χ1) is 9.52. The third-order valence-corrected chi connectivity index (χ3v) is 3.17. The van der Waals surface area contributed by atoms with E-state index in [1.807, 2.05) is 0 Å². The zero-order valence-corrected chi connectivity index (χ0v) is 10.8. The maximum Gasteiger partial charge on any atom is 0.257 e. The molecule has 1 aliphatic carbocycles. The lowest BCUT2D eigenvalue weighted by atomic mass is 10.1. The van der Waals surface area contributed by atoms with Gasteiger partial charge >= 0.3 is 0 Å². The van der Waals surface area contributed by atoms with Crippen molar-refractivity contribution in [3.63, 3.8) is 0 Å². The topological polar surface area (TPSA) is 99.2 Å². The zero-order chi connectivity index (χ0) is 14.7. The lowest BCUT2D eigenvalue weighted by molar-refractivity contribution is 0.0744. The van der Waals surface area contributed by atoms with Crippen molar-refractivity contribution in [2.45, 2.75) is 25.3 Å². The molecule has 0 spiro atoms. The summed E-state index contributed by atoms with van der Waals surface area (Å²) in [4.78, 5) is 13.9. The minimum atomic E-state index is -0.585. The number of nitrogens with two attached hydrogens (primary N) is 1. The van der Waals surface area contributed by atoms with E-state index in [1.54, 1.807) is 0 Å². The second-order valence-electron chi connectivity index (χ2n) is 4.73. The van der Waals surface area contributed by atoms with Gasteiger partial charge in [-0.2, -0.15) is 0 Å². The van der Waals surface area contributed by atoms with Crippen LogP contribution < -0.4 is 5.73 Å². The fourth-order valence-corrected chi connectivity index (χ4v) is 1.96. The van der Waals surface area contributed by atoms with E-state index in [9.17, 15) is 14.3 Å². The van der Waals surface area contributed by atoms with E-state index in [0.717, 1.165) is 31.0 Å². The summed E-state index contributed by atoms with van der Waals surface area (Å²) in [6, 6.07) is 3.31.